The van der Waals surface area contributed by atoms with Crippen molar-refractivity contribution >= 4 is 44.3 Å². The molecular formula is C13H9BrClN3. The molecule has 3 nitrogen and oxygen atoms in total. The van der Waals surface area contributed by atoms with E-state index in [1.165, 1.54) is 0 Å². The third-order valence-electron chi connectivity index (χ3n) is 2.64. The molecule has 0 radical (unpaired) electrons. The van der Waals surface area contributed by atoms with Crippen molar-refractivity contribution in [1.82, 2.24) is 9.97 Å². The van der Waals surface area contributed by atoms with Crippen LogP contribution >= 0.6 is 27.5 Å². The van der Waals surface area contributed by atoms with E-state index >= 15 is 0 Å². The number of nitrogens with one attached hydrogen (secondary N) is 1. The lowest BCUT2D eigenvalue weighted by Gasteiger charge is -2.00. The number of imidazole rings is 1. The van der Waals surface area contributed by atoms with Crippen molar-refractivity contribution in [2.24, 2.45) is 0 Å². The molecule has 0 amide bonds. The molecule has 0 bridgehead atoms. The normalized spacial score (nSPS) is 11.0. The number of halogens is 2. The van der Waals surface area contributed by atoms with Crippen molar-refractivity contribution in [3.8, 4) is 11.4 Å². The highest BCUT2D eigenvalue weighted by Gasteiger charge is 2.07. The van der Waals surface area contributed by atoms with Gasteiger partial charge in [-0.2, -0.15) is 0 Å². The average Bonchev–Trinajstić information content (AvgIpc) is 2.70. The van der Waals surface area contributed by atoms with Crippen molar-refractivity contribution < 1.29 is 0 Å². The standard InChI is InChI=1S/C13H9BrClN3/c14-8-1-2-11-12(5-8)18-13(17-11)7-3-9(15)6-10(16)4-7/h1-6H,16H2,(H,17,18). The number of rotatable bonds is 1. The van der Waals surface area contributed by atoms with E-state index in [0.29, 0.717) is 10.7 Å². The summed E-state index contributed by atoms with van der Waals surface area (Å²) in [4.78, 5) is 7.77. The van der Waals surface area contributed by atoms with Crippen LogP contribution in [-0.4, -0.2) is 9.97 Å². The summed E-state index contributed by atoms with van der Waals surface area (Å²) in [5.41, 5.74) is 9.17. The number of H-pyrrole nitrogens is 1. The van der Waals surface area contributed by atoms with Crippen molar-refractivity contribution in [3.63, 3.8) is 0 Å². The van der Waals surface area contributed by atoms with Gasteiger partial charge in [-0.25, -0.2) is 4.98 Å². The Balaban J connectivity index is 2.19. The zero-order valence-corrected chi connectivity index (χ0v) is 11.6. The number of nitrogen functional groups attached to an aromatic ring is 1. The maximum Gasteiger partial charge on any atom is 0.138 e. The van der Waals surface area contributed by atoms with E-state index < -0.39 is 0 Å². The maximum atomic E-state index is 5.99. The first-order valence-electron chi connectivity index (χ1n) is 5.33. The Hall–Kier alpha value is -1.52. The number of benzene rings is 2. The third kappa shape index (κ3) is 2.09. The molecule has 1 aromatic heterocycles. The lowest BCUT2D eigenvalue weighted by Crippen LogP contribution is -1.87. The van der Waals surface area contributed by atoms with E-state index in [2.05, 4.69) is 25.9 Å². The Kier molecular flexibility index (Phi) is 2.76. The quantitative estimate of drug-likeness (QED) is 0.659. The molecule has 2 aromatic carbocycles. The Labute approximate surface area is 117 Å². The van der Waals surface area contributed by atoms with Crippen LogP contribution in [0.2, 0.25) is 5.02 Å². The highest BCUT2D eigenvalue weighted by atomic mass is 79.9. The molecule has 1 heterocycles. The predicted octanol–water partition coefficient (Wildman–Crippen LogP) is 4.23. The second-order valence-electron chi connectivity index (χ2n) is 4.02. The molecular weight excluding hydrogens is 314 g/mol. The number of nitrogens with two attached hydrogens (primary N) is 1. The number of nitrogens with zero attached hydrogens (tertiary/aromatic N) is 1. The van der Waals surface area contributed by atoms with Gasteiger partial charge in [0.1, 0.15) is 5.82 Å². The molecule has 0 unspecified atom stereocenters. The molecule has 3 rings (SSSR count). The van der Waals surface area contributed by atoms with E-state index in [4.69, 9.17) is 17.3 Å². The summed E-state index contributed by atoms with van der Waals surface area (Å²) >= 11 is 9.43. The minimum Gasteiger partial charge on any atom is -0.399 e. The molecule has 18 heavy (non-hydrogen) atoms. The first kappa shape index (κ1) is 11.6. The largest absolute Gasteiger partial charge is 0.399 e. The molecule has 3 aromatic rings. The number of hydrogen-bond acceptors (Lipinski definition) is 2. The summed E-state index contributed by atoms with van der Waals surface area (Å²) < 4.78 is 1.01. The summed E-state index contributed by atoms with van der Waals surface area (Å²) in [6.45, 7) is 0. The molecule has 90 valence electrons. The van der Waals surface area contributed by atoms with Gasteiger partial charge < -0.3 is 10.7 Å². The molecule has 0 spiro atoms. The van der Waals surface area contributed by atoms with Crippen molar-refractivity contribution in [3.05, 3.63) is 45.9 Å². The van der Waals surface area contributed by atoms with Crippen LogP contribution in [0.25, 0.3) is 22.4 Å². The average molecular weight is 323 g/mol. The number of hydrogen-bond donors (Lipinski definition) is 2. The fourth-order valence-corrected chi connectivity index (χ4v) is 2.47. The minimum absolute atomic E-state index is 0.603. The van der Waals surface area contributed by atoms with Crippen LogP contribution in [0.3, 0.4) is 0 Å². The Morgan fingerprint density at radius 2 is 2.00 bits per heavy atom. The van der Waals surface area contributed by atoms with Gasteiger partial charge in [0.05, 0.1) is 11.0 Å². The molecule has 0 aliphatic rings. The maximum absolute atomic E-state index is 5.99. The number of fused-ring (bicyclic) bond motifs is 1. The zero-order chi connectivity index (χ0) is 12.7. The first-order chi connectivity index (χ1) is 8.61. The van der Waals surface area contributed by atoms with Crippen LogP contribution in [0, 0.1) is 0 Å². The van der Waals surface area contributed by atoms with E-state index in [1.807, 2.05) is 30.3 Å². The summed E-state index contributed by atoms with van der Waals surface area (Å²) in [5, 5.41) is 0.603. The van der Waals surface area contributed by atoms with E-state index in [-0.39, 0.29) is 0 Å². The number of aromatic amines is 1. The van der Waals surface area contributed by atoms with E-state index in [0.717, 1.165) is 26.9 Å². The second-order valence-corrected chi connectivity index (χ2v) is 5.37. The van der Waals surface area contributed by atoms with Crippen LogP contribution in [0.5, 0.6) is 0 Å². The molecule has 0 fully saturated rings. The van der Waals surface area contributed by atoms with Crippen LogP contribution in [0.15, 0.2) is 40.9 Å². The van der Waals surface area contributed by atoms with Gasteiger partial charge >= 0.3 is 0 Å². The monoisotopic (exact) mass is 321 g/mol. The molecule has 0 saturated carbocycles. The minimum atomic E-state index is 0.603. The van der Waals surface area contributed by atoms with Gasteiger partial charge in [0.2, 0.25) is 0 Å². The van der Waals surface area contributed by atoms with Crippen molar-refractivity contribution in [2.45, 2.75) is 0 Å². The Bertz CT molecular complexity index is 716. The summed E-state index contributed by atoms with van der Waals surface area (Å²) in [6, 6.07) is 11.3. The molecule has 0 atom stereocenters. The van der Waals surface area contributed by atoms with Gasteiger partial charge in [0.25, 0.3) is 0 Å². The van der Waals surface area contributed by atoms with Crippen LogP contribution < -0.4 is 5.73 Å². The van der Waals surface area contributed by atoms with E-state index in [9.17, 15) is 0 Å². The van der Waals surface area contributed by atoms with Gasteiger partial charge in [-0.3, -0.25) is 0 Å². The molecule has 3 N–H and O–H groups in total. The molecule has 0 aliphatic heterocycles. The predicted molar refractivity (Wildman–Crippen MR) is 78.7 cm³/mol. The SMILES string of the molecule is Nc1cc(Cl)cc(-c2nc3ccc(Br)cc3[nH]2)c1. The Morgan fingerprint density at radius 3 is 2.78 bits per heavy atom. The first-order valence-corrected chi connectivity index (χ1v) is 6.50. The van der Waals surface area contributed by atoms with Crippen LogP contribution in [0.1, 0.15) is 0 Å². The highest BCUT2D eigenvalue weighted by Crippen LogP contribution is 2.26. The Morgan fingerprint density at radius 1 is 1.17 bits per heavy atom. The summed E-state index contributed by atoms with van der Waals surface area (Å²) in [5.74, 6) is 0.761. The van der Waals surface area contributed by atoms with Crippen molar-refractivity contribution in [1.29, 1.82) is 0 Å². The lowest BCUT2D eigenvalue weighted by molar-refractivity contribution is 1.34. The van der Waals surface area contributed by atoms with Gasteiger partial charge in [-0.1, -0.05) is 27.5 Å². The molecule has 0 aliphatic carbocycles. The van der Waals surface area contributed by atoms with Gasteiger partial charge in [0, 0.05) is 20.7 Å². The second kappa shape index (κ2) is 4.30. The smallest absolute Gasteiger partial charge is 0.138 e. The summed E-state index contributed by atoms with van der Waals surface area (Å²) in [6.07, 6.45) is 0. The number of aromatic nitrogens is 2. The zero-order valence-electron chi connectivity index (χ0n) is 9.24. The molecule has 5 heteroatoms. The molecule has 0 saturated heterocycles. The fraction of sp³-hybridized carbons (Fsp3) is 0. The van der Waals surface area contributed by atoms with Gasteiger partial charge in [-0.05, 0) is 36.4 Å². The van der Waals surface area contributed by atoms with Gasteiger partial charge in [0.15, 0.2) is 0 Å². The van der Waals surface area contributed by atoms with Crippen LogP contribution in [-0.2, 0) is 0 Å². The topological polar surface area (TPSA) is 54.7 Å². The number of anilines is 1. The van der Waals surface area contributed by atoms with E-state index in [1.54, 1.807) is 6.07 Å². The van der Waals surface area contributed by atoms with Crippen molar-refractivity contribution in [2.75, 3.05) is 5.73 Å². The van der Waals surface area contributed by atoms with Crippen LogP contribution in [0.4, 0.5) is 5.69 Å². The third-order valence-corrected chi connectivity index (χ3v) is 3.35. The fourth-order valence-electron chi connectivity index (χ4n) is 1.87. The summed E-state index contributed by atoms with van der Waals surface area (Å²) in [7, 11) is 0. The van der Waals surface area contributed by atoms with Gasteiger partial charge in [-0.15, -0.1) is 0 Å². The highest BCUT2D eigenvalue weighted by molar-refractivity contribution is 9.10. The lowest BCUT2D eigenvalue weighted by atomic mass is 10.2.